The second kappa shape index (κ2) is 6.69. The van der Waals surface area contributed by atoms with Crippen LogP contribution in [0.5, 0.6) is 0 Å². The standard InChI is InChI=1S/C14H14ClN3O2S/c1-16-13(19)11-8-21-12(17-11)7-18(2)14(20)9-5-3-4-6-10(9)15/h3-6,8H,7H2,1-2H3,(H,16,19). The highest BCUT2D eigenvalue weighted by molar-refractivity contribution is 7.09. The van der Waals surface area contributed by atoms with Crippen molar-refractivity contribution in [1.82, 2.24) is 15.2 Å². The van der Waals surface area contributed by atoms with Crippen molar-refractivity contribution in [3.63, 3.8) is 0 Å². The smallest absolute Gasteiger partial charge is 0.270 e. The molecule has 0 unspecified atom stereocenters. The second-order valence-corrected chi connectivity index (χ2v) is 5.70. The molecule has 0 bridgehead atoms. The molecule has 1 N–H and O–H groups in total. The molecule has 2 rings (SSSR count). The zero-order chi connectivity index (χ0) is 15.4. The Kier molecular flexibility index (Phi) is 4.93. The Morgan fingerprint density at radius 3 is 2.76 bits per heavy atom. The van der Waals surface area contributed by atoms with Crippen LogP contribution in [-0.4, -0.2) is 35.8 Å². The number of hydrogen-bond donors (Lipinski definition) is 1. The summed E-state index contributed by atoms with van der Waals surface area (Å²) in [5.41, 5.74) is 0.806. The lowest BCUT2D eigenvalue weighted by molar-refractivity contribution is 0.0785. The van der Waals surface area contributed by atoms with Crippen molar-refractivity contribution in [2.45, 2.75) is 6.54 Å². The van der Waals surface area contributed by atoms with Crippen LogP contribution in [0.1, 0.15) is 25.9 Å². The number of amides is 2. The van der Waals surface area contributed by atoms with Crippen molar-refractivity contribution < 1.29 is 9.59 Å². The number of hydrogen-bond acceptors (Lipinski definition) is 4. The molecule has 1 aromatic carbocycles. The first-order valence-electron chi connectivity index (χ1n) is 6.19. The summed E-state index contributed by atoms with van der Waals surface area (Å²) in [6, 6.07) is 6.89. The minimum atomic E-state index is -0.238. The Morgan fingerprint density at radius 1 is 1.38 bits per heavy atom. The van der Waals surface area contributed by atoms with Crippen LogP contribution < -0.4 is 5.32 Å². The van der Waals surface area contributed by atoms with Gasteiger partial charge < -0.3 is 10.2 Å². The van der Waals surface area contributed by atoms with E-state index in [4.69, 9.17) is 11.6 Å². The summed E-state index contributed by atoms with van der Waals surface area (Å²) in [5.74, 6) is -0.421. The minimum Gasteiger partial charge on any atom is -0.354 e. The Hall–Kier alpha value is -1.92. The van der Waals surface area contributed by atoms with E-state index >= 15 is 0 Å². The number of thiazole rings is 1. The summed E-state index contributed by atoms with van der Waals surface area (Å²) in [5, 5.41) is 5.29. The van der Waals surface area contributed by atoms with Gasteiger partial charge in [0.1, 0.15) is 10.7 Å². The van der Waals surface area contributed by atoms with Gasteiger partial charge in [0.2, 0.25) is 0 Å². The van der Waals surface area contributed by atoms with Gasteiger partial charge >= 0.3 is 0 Å². The van der Waals surface area contributed by atoms with Crippen LogP contribution >= 0.6 is 22.9 Å². The summed E-state index contributed by atoms with van der Waals surface area (Å²) in [7, 11) is 3.22. The van der Waals surface area contributed by atoms with Gasteiger partial charge in [-0.1, -0.05) is 23.7 Å². The molecule has 0 fully saturated rings. The molecule has 5 nitrogen and oxygen atoms in total. The molecule has 1 aromatic heterocycles. The molecule has 0 radical (unpaired) electrons. The number of carbonyl (C=O) groups is 2. The highest BCUT2D eigenvalue weighted by atomic mass is 35.5. The lowest BCUT2D eigenvalue weighted by Gasteiger charge is -2.16. The molecule has 2 aromatic rings. The molecule has 1 heterocycles. The van der Waals surface area contributed by atoms with Crippen molar-refractivity contribution in [1.29, 1.82) is 0 Å². The number of benzene rings is 1. The quantitative estimate of drug-likeness (QED) is 0.940. The zero-order valence-electron chi connectivity index (χ0n) is 11.6. The van der Waals surface area contributed by atoms with E-state index < -0.39 is 0 Å². The highest BCUT2D eigenvalue weighted by Gasteiger charge is 2.17. The van der Waals surface area contributed by atoms with E-state index in [0.717, 1.165) is 0 Å². The molecule has 0 aliphatic heterocycles. The van der Waals surface area contributed by atoms with Gasteiger partial charge in [-0.15, -0.1) is 11.3 Å². The zero-order valence-corrected chi connectivity index (χ0v) is 13.2. The third-order valence-corrected chi connectivity index (χ3v) is 4.00. The first-order chi connectivity index (χ1) is 10.0. The number of nitrogens with one attached hydrogen (secondary N) is 1. The monoisotopic (exact) mass is 323 g/mol. The highest BCUT2D eigenvalue weighted by Crippen LogP contribution is 2.18. The van der Waals surface area contributed by atoms with E-state index in [2.05, 4.69) is 10.3 Å². The van der Waals surface area contributed by atoms with Gasteiger partial charge in [-0.25, -0.2) is 4.98 Å². The molecule has 0 atom stereocenters. The molecule has 0 saturated carbocycles. The molecule has 7 heteroatoms. The first kappa shape index (κ1) is 15.5. The van der Waals surface area contributed by atoms with Crippen LogP contribution in [0.25, 0.3) is 0 Å². The Labute approximate surface area is 131 Å². The fourth-order valence-corrected chi connectivity index (χ4v) is 2.77. The van der Waals surface area contributed by atoms with E-state index in [0.29, 0.717) is 27.8 Å². The summed E-state index contributed by atoms with van der Waals surface area (Å²) in [6.45, 7) is 0.325. The van der Waals surface area contributed by atoms with E-state index in [1.807, 2.05) is 0 Å². The molecule has 0 aliphatic rings. The SMILES string of the molecule is CNC(=O)c1csc(CN(C)C(=O)c2ccccc2Cl)n1. The normalized spacial score (nSPS) is 10.2. The van der Waals surface area contributed by atoms with E-state index in [1.54, 1.807) is 43.7 Å². The molecule has 2 amide bonds. The van der Waals surface area contributed by atoms with Crippen molar-refractivity contribution in [3.8, 4) is 0 Å². The van der Waals surface area contributed by atoms with E-state index in [1.165, 1.54) is 16.2 Å². The summed E-state index contributed by atoms with van der Waals surface area (Å²) < 4.78 is 0. The topological polar surface area (TPSA) is 62.3 Å². The van der Waals surface area contributed by atoms with Gasteiger partial charge in [0.25, 0.3) is 11.8 Å². The summed E-state index contributed by atoms with van der Waals surface area (Å²) >= 11 is 7.36. The molecule has 110 valence electrons. The van der Waals surface area contributed by atoms with Crippen molar-refractivity contribution >= 4 is 34.8 Å². The molecular weight excluding hydrogens is 310 g/mol. The van der Waals surface area contributed by atoms with Crippen LogP contribution in [0.4, 0.5) is 0 Å². The first-order valence-corrected chi connectivity index (χ1v) is 7.45. The Bertz CT molecular complexity index is 672. The lowest BCUT2D eigenvalue weighted by atomic mass is 10.2. The van der Waals surface area contributed by atoms with Gasteiger partial charge in [-0.2, -0.15) is 0 Å². The molecular formula is C14H14ClN3O2S. The molecule has 21 heavy (non-hydrogen) atoms. The fraction of sp³-hybridized carbons (Fsp3) is 0.214. The summed E-state index contributed by atoms with van der Waals surface area (Å²) in [4.78, 5) is 29.5. The number of rotatable bonds is 4. The predicted octanol–water partition coefficient (Wildman–Crippen LogP) is 2.43. The van der Waals surface area contributed by atoms with Crippen molar-refractivity contribution in [3.05, 3.63) is 50.9 Å². The van der Waals surface area contributed by atoms with Crippen LogP contribution in [0, 0.1) is 0 Å². The number of carbonyl (C=O) groups excluding carboxylic acids is 2. The number of nitrogens with zero attached hydrogens (tertiary/aromatic N) is 2. The van der Waals surface area contributed by atoms with Gasteiger partial charge in [0.15, 0.2) is 0 Å². The average molecular weight is 324 g/mol. The molecule has 0 spiro atoms. The second-order valence-electron chi connectivity index (χ2n) is 4.35. The number of halogens is 1. The third kappa shape index (κ3) is 3.59. The predicted molar refractivity (Wildman–Crippen MR) is 82.8 cm³/mol. The maximum Gasteiger partial charge on any atom is 0.270 e. The summed E-state index contributed by atoms with van der Waals surface area (Å²) in [6.07, 6.45) is 0. The maximum atomic E-state index is 12.3. The van der Waals surface area contributed by atoms with Gasteiger partial charge in [0, 0.05) is 19.5 Å². The average Bonchev–Trinajstić information content (AvgIpc) is 2.94. The van der Waals surface area contributed by atoms with E-state index in [9.17, 15) is 9.59 Å². The van der Waals surface area contributed by atoms with Crippen LogP contribution in [0.2, 0.25) is 5.02 Å². The van der Waals surface area contributed by atoms with E-state index in [-0.39, 0.29) is 11.8 Å². The van der Waals surface area contributed by atoms with Crippen LogP contribution in [0.3, 0.4) is 0 Å². The fourth-order valence-electron chi connectivity index (χ4n) is 1.73. The van der Waals surface area contributed by atoms with Crippen molar-refractivity contribution in [2.24, 2.45) is 0 Å². The van der Waals surface area contributed by atoms with Gasteiger partial charge in [0.05, 0.1) is 17.1 Å². The van der Waals surface area contributed by atoms with Gasteiger partial charge in [-0.3, -0.25) is 9.59 Å². The Balaban J connectivity index is 2.09. The third-order valence-electron chi connectivity index (χ3n) is 2.83. The Morgan fingerprint density at radius 2 is 2.10 bits per heavy atom. The molecule has 0 aliphatic carbocycles. The largest absolute Gasteiger partial charge is 0.354 e. The van der Waals surface area contributed by atoms with Crippen molar-refractivity contribution in [2.75, 3.05) is 14.1 Å². The minimum absolute atomic E-state index is 0.183. The van der Waals surface area contributed by atoms with Gasteiger partial charge in [-0.05, 0) is 12.1 Å². The molecule has 0 saturated heterocycles. The van der Waals surface area contributed by atoms with Crippen LogP contribution in [0.15, 0.2) is 29.6 Å². The number of aromatic nitrogens is 1. The maximum absolute atomic E-state index is 12.3. The lowest BCUT2D eigenvalue weighted by Crippen LogP contribution is -2.26. The van der Waals surface area contributed by atoms with Crippen LogP contribution in [-0.2, 0) is 6.54 Å².